The zero-order valence-electron chi connectivity index (χ0n) is 21.3. The summed E-state index contributed by atoms with van der Waals surface area (Å²) in [5.74, 6) is -1.70. The Morgan fingerprint density at radius 1 is 0.865 bits per heavy atom. The first-order valence-corrected chi connectivity index (χ1v) is 13.1. The van der Waals surface area contributed by atoms with E-state index in [1.807, 2.05) is 45.7 Å². The van der Waals surface area contributed by atoms with E-state index >= 15 is 0 Å². The molecule has 196 valence electrons. The van der Waals surface area contributed by atoms with Crippen molar-refractivity contribution < 1.29 is 13.6 Å². The molecule has 0 unspecified atom stereocenters. The van der Waals surface area contributed by atoms with E-state index in [0.29, 0.717) is 37.6 Å². The van der Waals surface area contributed by atoms with Gasteiger partial charge in [-0.2, -0.15) is 0 Å². The van der Waals surface area contributed by atoms with Gasteiger partial charge in [-0.15, -0.1) is 0 Å². The molecule has 0 aliphatic carbocycles. The second-order valence-corrected chi connectivity index (χ2v) is 10.2. The first-order chi connectivity index (χ1) is 17.8. The van der Waals surface area contributed by atoms with Gasteiger partial charge in [-0.1, -0.05) is 23.7 Å². The van der Waals surface area contributed by atoms with Crippen molar-refractivity contribution >= 4 is 28.9 Å². The molecule has 2 aromatic carbocycles. The van der Waals surface area contributed by atoms with Crippen molar-refractivity contribution in [1.29, 1.82) is 0 Å². The number of para-hydroxylation sites is 1. The first-order valence-electron chi connectivity index (χ1n) is 12.7. The molecule has 1 amide bonds. The Morgan fingerprint density at radius 3 is 2.22 bits per heavy atom. The number of nitrogens with zero attached hydrogens (tertiary/aromatic N) is 5. The quantitative estimate of drug-likeness (QED) is 0.488. The number of piperazine rings is 2. The highest BCUT2D eigenvalue weighted by Crippen LogP contribution is 2.27. The van der Waals surface area contributed by atoms with Crippen LogP contribution in [-0.2, 0) is 13.6 Å². The fourth-order valence-electron chi connectivity index (χ4n) is 5.24. The average molecular weight is 528 g/mol. The van der Waals surface area contributed by atoms with Crippen molar-refractivity contribution in [2.24, 2.45) is 7.05 Å². The molecule has 2 aliphatic rings. The van der Waals surface area contributed by atoms with E-state index in [1.165, 1.54) is 6.07 Å². The van der Waals surface area contributed by atoms with Gasteiger partial charge in [-0.3, -0.25) is 9.69 Å². The maximum absolute atomic E-state index is 13.6. The molecule has 37 heavy (non-hydrogen) atoms. The summed E-state index contributed by atoms with van der Waals surface area (Å²) in [5, 5.41) is 0.781. The van der Waals surface area contributed by atoms with Crippen LogP contribution in [0.15, 0.2) is 48.5 Å². The van der Waals surface area contributed by atoms with Gasteiger partial charge >= 0.3 is 0 Å². The lowest BCUT2D eigenvalue weighted by Gasteiger charge is -2.36. The highest BCUT2D eigenvalue weighted by atomic mass is 35.5. The lowest BCUT2D eigenvalue weighted by molar-refractivity contribution is 0.0737. The third kappa shape index (κ3) is 5.31. The molecule has 1 aromatic heterocycles. The van der Waals surface area contributed by atoms with Gasteiger partial charge in [0, 0.05) is 83.4 Å². The molecule has 0 saturated carbocycles. The monoisotopic (exact) mass is 527 g/mol. The van der Waals surface area contributed by atoms with Crippen molar-refractivity contribution in [3.63, 3.8) is 0 Å². The molecule has 0 N–H and O–H groups in total. The summed E-state index contributed by atoms with van der Waals surface area (Å²) < 4.78 is 28.9. The Bertz CT molecular complexity index is 1280. The summed E-state index contributed by atoms with van der Waals surface area (Å²) in [6, 6.07) is 13.9. The predicted octanol–water partition coefficient (Wildman–Crippen LogP) is 4.55. The molecule has 2 fully saturated rings. The number of carbonyl (C=O) groups is 1. The number of halogens is 3. The summed E-state index contributed by atoms with van der Waals surface area (Å²) >= 11 is 6.38. The van der Waals surface area contributed by atoms with Crippen LogP contribution in [0.3, 0.4) is 0 Å². The lowest BCUT2D eigenvalue weighted by Crippen LogP contribution is -2.49. The normalized spacial score (nSPS) is 16.9. The van der Waals surface area contributed by atoms with Crippen LogP contribution in [0.4, 0.5) is 20.2 Å². The number of anilines is 2. The Kier molecular flexibility index (Phi) is 7.40. The number of rotatable bonds is 5. The summed E-state index contributed by atoms with van der Waals surface area (Å²) in [6.07, 6.45) is 0. The summed E-state index contributed by atoms with van der Waals surface area (Å²) in [5.41, 5.74) is 4.66. The Morgan fingerprint density at radius 2 is 1.54 bits per heavy atom. The minimum atomic E-state index is -0.854. The molecule has 9 heteroatoms. The maximum atomic E-state index is 13.6. The van der Waals surface area contributed by atoms with Gasteiger partial charge < -0.3 is 19.3 Å². The zero-order valence-corrected chi connectivity index (χ0v) is 22.0. The first kappa shape index (κ1) is 25.5. The van der Waals surface area contributed by atoms with Gasteiger partial charge in [-0.05, 0) is 42.8 Å². The largest absolute Gasteiger partial charge is 0.368 e. The SMILES string of the molecule is Cc1c(CN2CCN(c3ccccc3Cl)CC2)cc(C(=O)N2CCN(c3ccc(F)c(F)c3)CC2)n1C. The highest BCUT2D eigenvalue weighted by Gasteiger charge is 2.27. The second-order valence-electron chi connectivity index (χ2n) is 9.79. The second kappa shape index (κ2) is 10.7. The van der Waals surface area contributed by atoms with E-state index < -0.39 is 11.6 Å². The number of hydrogen-bond acceptors (Lipinski definition) is 4. The lowest BCUT2D eigenvalue weighted by atomic mass is 10.2. The number of carbonyl (C=O) groups excluding carboxylic acids is 1. The van der Waals surface area contributed by atoms with Crippen molar-refractivity contribution in [1.82, 2.24) is 14.4 Å². The third-order valence-electron chi connectivity index (χ3n) is 7.65. The predicted molar refractivity (Wildman–Crippen MR) is 144 cm³/mol. The van der Waals surface area contributed by atoms with Crippen molar-refractivity contribution in [2.45, 2.75) is 13.5 Å². The van der Waals surface area contributed by atoms with E-state index in [1.54, 1.807) is 6.07 Å². The van der Waals surface area contributed by atoms with Crippen LogP contribution in [0.2, 0.25) is 5.02 Å². The topological polar surface area (TPSA) is 35.0 Å². The van der Waals surface area contributed by atoms with Crippen molar-refractivity contribution in [3.8, 4) is 0 Å². The van der Waals surface area contributed by atoms with Gasteiger partial charge in [0.2, 0.25) is 0 Å². The van der Waals surface area contributed by atoms with Crippen LogP contribution < -0.4 is 9.80 Å². The van der Waals surface area contributed by atoms with Gasteiger partial charge in [-0.25, -0.2) is 8.78 Å². The molecule has 2 aliphatic heterocycles. The Labute approximate surface area is 221 Å². The minimum Gasteiger partial charge on any atom is -0.368 e. The number of amides is 1. The molecule has 0 bridgehead atoms. The number of hydrogen-bond donors (Lipinski definition) is 0. The molecular weight excluding hydrogens is 496 g/mol. The number of aromatic nitrogens is 1. The fourth-order valence-corrected chi connectivity index (χ4v) is 5.49. The van der Waals surface area contributed by atoms with E-state index in [9.17, 15) is 13.6 Å². The van der Waals surface area contributed by atoms with Gasteiger partial charge in [0.15, 0.2) is 11.6 Å². The Hall–Kier alpha value is -3.10. The van der Waals surface area contributed by atoms with Crippen LogP contribution >= 0.6 is 11.6 Å². The van der Waals surface area contributed by atoms with Crippen LogP contribution in [0.5, 0.6) is 0 Å². The molecule has 5 rings (SSSR count). The molecule has 3 aromatic rings. The fraction of sp³-hybridized carbons (Fsp3) is 0.393. The summed E-state index contributed by atoms with van der Waals surface area (Å²) in [6.45, 7) is 8.73. The maximum Gasteiger partial charge on any atom is 0.270 e. The zero-order chi connectivity index (χ0) is 26.1. The van der Waals surface area contributed by atoms with E-state index in [4.69, 9.17) is 11.6 Å². The molecule has 2 saturated heterocycles. The van der Waals surface area contributed by atoms with Crippen molar-refractivity contribution in [3.05, 3.63) is 82.1 Å². The van der Waals surface area contributed by atoms with Crippen LogP contribution in [0.1, 0.15) is 21.7 Å². The van der Waals surface area contributed by atoms with E-state index in [0.717, 1.165) is 60.8 Å². The minimum absolute atomic E-state index is 0.00493. The van der Waals surface area contributed by atoms with Gasteiger partial charge in [0.1, 0.15) is 5.69 Å². The van der Waals surface area contributed by atoms with E-state index in [2.05, 4.69) is 22.8 Å². The molecular formula is C28H32ClF2N5O. The molecule has 3 heterocycles. The van der Waals surface area contributed by atoms with Crippen LogP contribution in [0, 0.1) is 18.6 Å². The third-order valence-corrected chi connectivity index (χ3v) is 7.97. The standard InChI is InChI=1S/C28H32ClF2N5O/c1-20-21(19-33-9-11-35(12-10-33)26-6-4-3-5-23(26)29)17-27(32(20)2)28(37)36-15-13-34(14-16-36)22-7-8-24(30)25(31)18-22/h3-8,17-18H,9-16,19H2,1-2H3. The van der Waals surface area contributed by atoms with Crippen molar-refractivity contribution in [2.75, 3.05) is 62.2 Å². The molecule has 0 atom stereocenters. The average Bonchev–Trinajstić information content (AvgIpc) is 3.19. The highest BCUT2D eigenvalue weighted by molar-refractivity contribution is 6.33. The van der Waals surface area contributed by atoms with Gasteiger partial charge in [0.05, 0.1) is 10.7 Å². The molecule has 0 spiro atoms. The molecule has 0 radical (unpaired) electrons. The van der Waals surface area contributed by atoms with E-state index in [-0.39, 0.29) is 5.91 Å². The summed E-state index contributed by atoms with van der Waals surface area (Å²) in [7, 11) is 1.94. The number of benzene rings is 2. The van der Waals surface area contributed by atoms with Crippen LogP contribution in [-0.4, -0.2) is 72.6 Å². The van der Waals surface area contributed by atoms with Gasteiger partial charge in [0.25, 0.3) is 5.91 Å². The van der Waals surface area contributed by atoms with Crippen LogP contribution in [0.25, 0.3) is 0 Å². The summed E-state index contributed by atoms with van der Waals surface area (Å²) in [4.78, 5) is 22.0. The Balaban J connectivity index is 1.19. The smallest absolute Gasteiger partial charge is 0.270 e. The molecule has 6 nitrogen and oxygen atoms in total.